The van der Waals surface area contributed by atoms with E-state index in [-0.39, 0.29) is 47.8 Å². The van der Waals surface area contributed by atoms with Crippen LogP contribution in [0.25, 0.3) is 0 Å². The summed E-state index contributed by atoms with van der Waals surface area (Å²) in [5.74, 6) is 2.60. The van der Waals surface area contributed by atoms with Gasteiger partial charge in [0.2, 0.25) is 5.91 Å². The summed E-state index contributed by atoms with van der Waals surface area (Å²) >= 11 is 0. The molecule has 5 aliphatic rings. The van der Waals surface area contributed by atoms with E-state index in [1.54, 1.807) is 50.3 Å². The highest BCUT2D eigenvalue weighted by molar-refractivity contribution is 8.77. The zero-order valence-corrected chi connectivity index (χ0v) is 48.9. The molecule has 0 radical (unpaired) electrons. The van der Waals surface area contributed by atoms with E-state index in [2.05, 4.69) is 59.7 Å². The van der Waals surface area contributed by atoms with Gasteiger partial charge >= 0.3 is 0 Å². The number of nitrogens with one attached hydrogen (secondary N) is 2. The van der Waals surface area contributed by atoms with Gasteiger partial charge in [0.15, 0.2) is 23.0 Å². The Balaban J connectivity index is 0.907. The predicted octanol–water partition coefficient (Wildman–Crippen LogP) is 11.0. The molecule has 81 heavy (non-hydrogen) atoms. The lowest BCUT2D eigenvalue weighted by atomic mass is 9.95. The van der Waals surface area contributed by atoms with Gasteiger partial charge in [0.1, 0.15) is 13.2 Å². The average molecular weight is 1140 g/mol. The highest BCUT2D eigenvalue weighted by Gasteiger charge is 2.39. The first-order valence-corrected chi connectivity index (χ1v) is 30.7. The number of carbonyl (C=O) groups excluding carboxylic acids is 3. The number of carbonyl (C=O) groups is 3. The Morgan fingerprint density at radius 1 is 0.741 bits per heavy atom. The summed E-state index contributed by atoms with van der Waals surface area (Å²) in [6.45, 7) is 8.99. The van der Waals surface area contributed by atoms with Gasteiger partial charge in [0.25, 0.3) is 11.8 Å². The number of benzene rings is 5. The largest absolute Gasteiger partial charge is 0.493 e. The minimum atomic E-state index is -0.234. The van der Waals surface area contributed by atoms with Crippen molar-refractivity contribution in [2.75, 3.05) is 99.8 Å². The number of ether oxygens (including phenoxy) is 7. The molecule has 10 rings (SSSR count). The predicted molar refractivity (Wildman–Crippen MR) is 323 cm³/mol. The second-order valence-corrected chi connectivity index (χ2v) is 25.0. The third-order valence-electron chi connectivity index (χ3n) is 15.4. The summed E-state index contributed by atoms with van der Waals surface area (Å²) in [6.07, 6.45) is 10.4. The number of hydrogen-bond acceptors (Lipinski definition) is 15. The number of aliphatic imine (C=N–C) groups is 1. The number of anilines is 4. The van der Waals surface area contributed by atoms with Crippen LogP contribution in [0.2, 0.25) is 0 Å². The van der Waals surface area contributed by atoms with Gasteiger partial charge in [-0.1, -0.05) is 77.2 Å². The lowest BCUT2D eigenvalue weighted by molar-refractivity contribution is -0.122. The van der Waals surface area contributed by atoms with Crippen LogP contribution in [0, 0.1) is 0 Å². The van der Waals surface area contributed by atoms with Crippen molar-refractivity contribution in [1.82, 2.24) is 5.32 Å². The first kappa shape index (κ1) is 57.8. The number of nitrogens with zero attached hydrogens (tertiary/aromatic N) is 4. The molecule has 4 heterocycles. The number of amides is 3. The number of rotatable bonds is 27. The fraction of sp³-hybridized carbons (Fsp3) is 0.460. The highest BCUT2D eigenvalue weighted by atomic mass is 33.1. The minimum absolute atomic E-state index is 0.0219. The molecule has 2 N–H and O–H groups in total. The molecular formula is C63H76N6O10S2. The molecule has 1 aliphatic carbocycles. The van der Waals surface area contributed by atoms with E-state index in [0.717, 1.165) is 70.8 Å². The van der Waals surface area contributed by atoms with Crippen molar-refractivity contribution in [3.63, 3.8) is 0 Å². The van der Waals surface area contributed by atoms with Crippen LogP contribution >= 0.6 is 21.6 Å². The van der Waals surface area contributed by atoms with E-state index in [9.17, 15) is 14.4 Å². The molecular weight excluding hydrogens is 1060 g/mol. The van der Waals surface area contributed by atoms with Gasteiger partial charge in [-0.15, -0.1) is 0 Å². The van der Waals surface area contributed by atoms with Crippen molar-refractivity contribution in [1.29, 1.82) is 0 Å². The Morgan fingerprint density at radius 2 is 1.38 bits per heavy atom. The highest BCUT2D eigenvalue weighted by Crippen LogP contribution is 2.44. The van der Waals surface area contributed by atoms with Crippen molar-refractivity contribution >= 4 is 74.0 Å². The number of hydrogen-bond donors (Lipinski definition) is 2. The lowest BCUT2D eigenvalue weighted by Gasteiger charge is -2.34. The zero-order valence-electron chi connectivity index (χ0n) is 47.3. The van der Waals surface area contributed by atoms with Gasteiger partial charge in [-0.25, -0.2) is 0 Å². The fourth-order valence-corrected chi connectivity index (χ4v) is 14.1. The van der Waals surface area contributed by atoms with Crippen molar-refractivity contribution in [2.24, 2.45) is 4.99 Å². The summed E-state index contributed by atoms with van der Waals surface area (Å²) in [5.41, 5.74) is 8.94. The summed E-state index contributed by atoms with van der Waals surface area (Å²) in [4.78, 5) is 52.3. The van der Waals surface area contributed by atoms with Crippen molar-refractivity contribution < 1.29 is 47.5 Å². The van der Waals surface area contributed by atoms with Gasteiger partial charge in [-0.05, 0) is 104 Å². The van der Waals surface area contributed by atoms with E-state index in [1.807, 2.05) is 69.3 Å². The summed E-state index contributed by atoms with van der Waals surface area (Å²) in [6, 6.07) is 29.7. The third kappa shape index (κ3) is 14.1. The lowest BCUT2D eigenvalue weighted by Crippen LogP contribution is -2.39. The monoisotopic (exact) mass is 1140 g/mol. The maximum Gasteiger partial charge on any atom is 0.261 e. The van der Waals surface area contributed by atoms with Gasteiger partial charge < -0.3 is 53.6 Å². The topological polar surface area (TPSA) is 162 Å². The Labute approximate surface area is 484 Å². The molecule has 2 atom stereocenters. The van der Waals surface area contributed by atoms with Crippen LogP contribution in [0.5, 0.6) is 23.0 Å². The van der Waals surface area contributed by atoms with Gasteiger partial charge in [0, 0.05) is 91.5 Å². The molecule has 430 valence electrons. The molecule has 5 aromatic rings. The van der Waals surface area contributed by atoms with E-state index >= 15 is 0 Å². The Morgan fingerprint density at radius 3 is 2.10 bits per heavy atom. The molecule has 3 amide bonds. The van der Waals surface area contributed by atoms with Crippen LogP contribution in [0.4, 0.5) is 28.4 Å². The summed E-state index contributed by atoms with van der Waals surface area (Å²) in [7, 11) is 8.45. The average Bonchev–Trinajstić information content (AvgIpc) is 3.99. The SMILES string of the molecule is COCCOCCOCCN(CC(C)(C)SSCCCC(=O)NC1CCCCC1)c1cc(COc2cc3c(cc2OC)C(=O)N2c4ccccc4C[C@H]2C=N3)cc(COc2cc3c(cc2OC)C(=O)N2c4ccccc4C[C@H]2CN3)c1. The molecule has 5 aromatic carbocycles. The Bertz CT molecular complexity index is 3060. The molecule has 4 aliphatic heterocycles. The van der Waals surface area contributed by atoms with Crippen molar-refractivity contribution in [2.45, 2.75) is 108 Å². The van der Waals surface area contributed by atoms with Crippen LogP contribution in [-0.4, -0.2) is 127 Å². The number of para-hydroxylation sites is 2. The Kier molecular flexibility index (Phi) is 19.3. The first-order valence-electron chi connectivity index (χ1n) is 28.4. The molecule has 1 saturated carbocycles. The van der Waals surface area contributed by atoms with E-state index in [4.69, 9.17) is 38.2 Å². The smallest absolute Gasteiger partial charge is 0.261 e. The molecule has 0 unspecified atom stereocenters. The summed E-state index contributed by atoms with van der Waals surface area (Å²) < 4.78 is 42.1. The van der Waals surface area contributed by atoms with Gasteiger partial charge in [-0.3, -0.25) is 24.3 Å². The molecule has 0 aromatic heterocycles. The third-order valence-corrected chi connectivity index (χ3v) is 18.8. The molecule has 16 nitrogen and oxygen atoms in total. The van der Waals surface area contributed by atoms with Crippen LogP contribution in [-0.2, 0) is 45.1 Å². The normalized spacial score (nSPS) is 17.2. The van der Waals surface area contributed by atoms with Crippen molar-refractivity contribution in [3.05, 3.63) is 124 Å². The van der Waals surface area contributed by atoms with E-state index < -0.39 is 0 Å². The van der Waals surface area contributed by atoms with Crippen molar-refractivity contribution in [3.8, 4) is 23.0 Å². The van der Waals surface area contributed by atoms with Crippen LogP contribution in [0.3, 0.4) is 0 Å². The van der Waals surface area contributed by atoms with Crippen LogP contribution in [0.1, 0.15) is 102 Å². The van der Waals surface area contributed by atoms with E-state index in [1.165, 1.54) is 19.3 Å². The molecule has 1 fully saturated rings. The zero-order chi connectivity index (χ0) is 56.3. The quantitative estimate of drug-likeness (QED) is 0.0377. The van der Waals surface area contributed by atoms with Gasteiger partial charge in [0.05, 0.1) is 81.8 Å². The van der Waals surface area contributed by atoms with Crippen LogP contribution < -0.4 is 44.3 Å². The van der Waals surface area contributed by atoms with Gasteiger partial charge in [-0.2, -0.15) is 0 Å². The maximum absolute atomic E-state index is 14.3. The molecule has 0 spiro atoms. The molecule has 0 saturated heterocycles. The van der Waals surface area contributed by atoms with E-state index in [0.29, 0.717) is 117 Å². The fourth-order valence-electron chi connectivity index (χ4n) is 11.5. The minimum Gasteiger partial charge on any atom is -0.493 e. The standard InChI is InChI=1S/C63H76N6O10S2/c1-63(2,81-80-27-13-20-60(70)66-46-16-7-6-8-17-46)41-67(21-22-76-25-26-77-24-23-73-3)47-29-42(39-78-58-35-52-50(33-56(58)74-4)61(71)68-48(37-64-52)31-44-14-9-11-18-54(44)68)28-43(30-47)40-79-59-36-53-51(34-57(59)75-5)62(72)69-49(38-65-53)32-45-15-10-12-19-55(45)69/h9-12,14-15,18-19,28-30,33-37,46,48-49,65H,6-8,13,16-17,20-27,31-32,38-41H2,1-5H3,(H,66,70)/t48-,49-/m0/s1. The second-order valence-electron chi connectivity index (χ2n) is 21.9. The number of methoxy groups -OCH3 is 3. The molecule has 0 bridgehead atoms. The summed E-state index contributed by atoms with van der Waals surface area (Å²) in [5, 5.41) is 6.83. The first-order chi connectivity index (χ1) is 39.5. The van der Waals surface area contributed by atoms with Crippen LogP contribution in [0.15, 0.2) is 96.0 Å². The number of fused-ring (bicyclic) bond motifs is 8. The molecule has 18 heteroatoms. The Hall–Kier alpha value is -6.44. The second kappa shape index (κ2) is 27.1. The maximum atomic E-state index is 14.3.